The Bertz CT molecular complexity index is 458. The Labute approximate surface area is 120 Å². The van der Waals surface area contributed by atoms with Crippen molar-refractivity contribution < 1.29 is 13.2 Å². The molecule has 0 amide bonds. The molecule has 0 nitrogen and oxygen atoms in total. The molecule has 0 saturated carbocycles. The van der Waals surface area contributed by atoms with Gasteiger partial charge in [0.25, 0.3) is 0 Å². The third-order valence-electron chi connectivity index (χ3n) is 4.82. The van der Waals surface area contributed by atoms with Crippen molar-refractivity contribution in [2.24, 2.45) is 0 Å². The van der Waals surface area contributed by atoms with Crippen LogP contribution in [-0.4, -0.2) is 13.3 Å². The zero-order valence-electron chi connectivity index (χ0n) is 13.1. The van der Waals surface area contributed by atoms with E-state index in [0.717, 1.165) is 18.4 Å². The molecule has 1 aromatic rings. The van der Waals surface area contributed by atoms with Crippen LogP contribution in [0.3, 0.4) is 0 Å². The molecule has 0 aromatic heterocycles. The lowest BCUT2D eigenvalue weighted by atomic mass is 9.72. The minimum atomic E-state index is -1.40. The quantitative estimate of drug-likeness (QED) is 0.656. The number of halogens is 3. The molecule has 0 spiro atoms. The average molecular weight is 286 g/mol. The number of benzene rings is 1. The molecule has 1 rings (SSSR count). The van der Waals surface area contributed by atoms with E-state index >= 15 is 0 Å². The van der Waals surface area contributed by atoms with Crippen LogP contribution in [0.2, 0.25) is 0 Å². The molecule has 0 unspecified atom stereocenters. The number of hydrogen-bond donors (Lipinski definition) is 0. The highest BCUT2D eigenvalue weighted by Crippen LogP contribution is 2.39. The normalized spacial score (nSPS) is 12.8. The molecule has 0 N–H and O–H groups in total. The molecule has 114 valence electrons. The SMILES string of the molecule is CCC(C)(CC)c1ccc(F)c(C(C)(CF)CF)c1C. The van der Waals surface area contributed by atoms with E-state index in [1.165, 1.54) is 13.0 Å². The number of hydrogen-bond acceptors (Lipinski definition) is 0. The Balaban J connectivity index is 3.57. The topological polar surface area (TPSA) is 0 Å². The van der Waals surface area contributed by atoms with Gasteiger partial charge in [-0.05, 0) is 42.4 Å². The summed E-state index contributed by atoms with van der Waals surface area (Å²) in [6, 6.07) is 3.11. The molecule has 0 fully saturated rings. The summed E-state index contributed by atoms with van der Waals surface area (Å²) in [5.41, 5.74) is 0.376. The van der Waals surface area contributed by atoms with Crippen LogP contribution in [-0.2, 0) is 10.8 Å². The Hall–Kier alpha value is -0.990. The van der Waals surface area contributed by atoms with Crippen LogP contribution < -0.4 is 0 Å². The molecule has 0 bridgehead atoms. The van der Waals surface area contributed by atoms with E-state index in [1.54, 1.807) is 13.0 Å². The monoisotopic (exact) mass is 286 g/mol. The Morgan fingerprint density at radius 1 is 0.950 bits per heavy atom. The molecule has 0 saturated heterocycles. The van der Waals surface area contributed by atoms with E-state index in [1.807, 2.05) is 0 Å². The third kappa shape index (κ3) is 2.72. The molecular weight excluding hydrogens is 261 g/mol. The molecule has 0 aliphatic heterocycles. The lowest BCUT2D eigenvalue weighted by Crippen LogP contribution is -2.32. The van der Waals surface area contributed by atoms with Gasteiger partial charge in [0.2, 0.25) is 0 Å². The van der Waals surface area contributed by atoms with Crippen LogP contribution in [0.5, 0.6) is 0 Å². The molecule has 3 heteroatoms. The minimum Gasteiger partial charge on any atom is -0.250 e. The average Bonchev–Trinajstić information content (AvgIpc) is 2.46. The van der Waals surface area contributed by atoms with Crippen LogP contribution in [0.4, 0.5) is 13.2 Å². The lowest BCUT2D eigenvalue weighted by molar-refractivity contribution is 0.250. The van der Waals surface area contributed by atoms with Gasteiger partial charge < -0.3 is 0 Å². The highest BCUT2D eigenvalue weighted by molar-refractivity contribution is 5.44. The molecule has 1 aromatic carbocycles. The Morgan fingerprint density at radius 3 is 1.85 bits per heavy atom. The highest BCUT2D eigenvalue weighted by atomic mass is 19.1. The van der Waals surface area contributed by atoms with E-state index in [0.29, 0.717) is 5.56 Å². The second-order valence-corrected chi connectivity index (χ2v) is 6.19. The van der Waals surface area contributed by atoms with Crippen LogP contribution in [0.1, 0.15) is 57.2 Å². The lowest BCUT2D eigenvalue weighted by Gasteiger charge is -2.33. The summed E-state index contributed by atoms with van der Waals surface area (Å²) >= 11 is 0. The smallest absolute Gasteiger partial charge is 0.127 e. The van der Waals surface area contributed by atoms with Gasteiger partial charge in [-0.3, -0.25) is 8.78 Å². The Morgan fingerprint density at radius 2 is 1.45 bits per heavy atom. The Kier molecular flexibility index (Phi) is 5.28. The summed E-state index contributed by atoms with van der Waals surface area (Å²) in [6.07, 6.45) is 1.80. The van der Waals surface area contributed by atoms with Crippen molar-refractivity contribution in [3.63, 3.8) is 0 Å². The van der Waals surface area contributed by atoms with Gasteiger partial charge in [0, 0.05) is 5.56 Å². The van der Waals surface area contributed by atoms with Crippen molar-refractivity contribution in [2.45, 2.75) is 58.3 Å². The largest absolute Gasteiger partial charge is 0.250 e. The molecular formula is C17H25F3. The van der Waals surface area contributed by atoms with Crippen molar-refractivity contribution in [1.29, 1.82) is 0 Å². The molecule has 0 atom stereocenters. The zero-order chi connectivity index (χ0) is 15.6. The van der Waals surface area contributed by atoms with Gasteiger partial charge in [0.15, 0.2) is 0 Å². The van der Waals surface area contributed by atoms with Crippen LogP contribution in [0, 0.1) is 12.7 Å². The predicted molar refractivity (Wildman–Crippen MR) is 78.4 cm³/mol. The van der Waals surface area contributed by atoms with Gasteiger partial charge in [-0.25, -0.2) is 4.39 Å². The van der Waals surface area contributed by atoms with Crippen molar-refractivity contribution in [3.05, 3.63) is 34.6 Å². The van der Waals surface area contributed by atoms with E-state index in [9.17, 15) is 13.2 Å². The van der Waals surface area contributed by atoms with Crippen molar-refractivity contribution in [2.75, 3.05) is 13.3 Å². The van der Waals surface area contributed by atoms with Gasteiger partial charge >= 0.3 is 0 Å². The summed E-state index contributed by atoms with van der Waals surface area (Å²) in [5, 5.41) is 0. The summed E-state index contributed by atoms with van der Waals surface area (Å²) in [6.45, 7) is 7.68. The fourth-order valence-corrected chi connectivity index (χ4v) is 2.87. The predicted octanol–water partition coefficient (Wildman–Crippen LogP) is 5.41. The summed E-state index contributed by atoms with van der Waals surface area (Å²) < 4.78 is 40.7. The van der Waals surface area contributed by atoms with Crippen molar-refractivity contribution >= 4 is 0 Å². The van der Waals surface area contributed by atoms with E-state index in [4.69, 9.17) is 0 Å². The maximum atomic E-state index is 14.2. The summed E-state index contributed by atoms with van der Waals surface area (Å²) in [7, 11) is 0. The first-order chi connectivity index (χ1) is 9.29. The summed E-state index contributed by atoms with van der Waals surface area (Å²) in [4.78, 5) is 0. The molecule has 0 radical (unpaired) electrons. The molecule has 0 aliphatic rings. The fourth-order valence-electron chi connectivity index (χ4n) is 2.87. The fraction of sp³-hybridized carbons (Fsp3) is 0.647. The third-order valence-corrected chi connectivity index (χ3v) is 4.82. The molecule has 0 aliphatic carbocycles. The standard InChI is InChI=1S/C17H25F3/c1-6-16(4,7-2)13-8-9-14(20)15(12(13)3)17(5,10-18)11-19/h8-9H,6-7,10-11H2,1-5H3. The van der Waals surface area contributed by atoms with Gasteiger partial charge in [0.1, 0.15) is 19.2 Å². The van der Waals surface area contributed by atoms with Gasteiger partial charge in [-0.2, -0.15) is 0 Å². The van der Waals surface area contributed by atoms with Gasteiger partial charge in [0.05, 0.1) is 5.41 Å². The second-order valence-electron chi connectivity index (χ2n) is 6.19. The first-order valence-electron chi connectivity index (χ1n) is 7.21. The first kappa shape index (κ1) is 17.1. The zero-order valence-corrected chi connectivity index (χ0v) is 13.1. The first-order valence-corrected chi connectivity index (χ1v) is 7.21. The highest BCUT2D eigenvalue weighted by Gasteiger charge is 2.35. The van der Waals surface area contributed by atoms with Crippen LogP contribution in [0.15, 0.2) is 12.1 Å². The minimum absolute atomic E-state index is 0.0972. The molecule has 20 heavy (non-hydrogen) atoms. The van der Waals surface area contributed by atoms with E-state index in [-0.39, 0.29) is 11.0 Å². The van der Waals surface area contributed by atoms with E-state index in [2.05, 4.69) is 20.8 Å². The van der Waals surface area contributed by atoms with Crippen molar-refractivity contribution in [1.82, 2.24) is 0 Å². The summed E-state index contributed by atoms with van der Waals surface area (Å²) in [5.74, 6) is -0.515. The van der Waals surface area contributed by atoms with Gasteiger partial charge in [-0.15, -0.1) is 0 Å². The van der Waals surface area contributed by atoms with E-state index < -0.39 is 24.6 Å². The van der Waals surface area contributed by atoms with Crippen LogP contribution in [0.25, 0.3) is 0 Å². The second kappa shape index (κ2) is 6.19. The van der Waals surface area contributed by atoms with Gasteiger partial charge in [-0.1, -0.05) is 33.8 Å². The van der Waals surface area contributed by atoms with Crippen molar-refractivity contribution in [3.8, 4) is 0 Å². The number of rotatable bonds is 6. The maximum absolute atomic E-state index is 14.2. The maximum Gasteiger partial charge on any atom is 0.127 e. The number of alkyl halides is 2. The molecule has 0 heterocycles. The van der Waals surface area contributed by atoms with Crippen LogP contribution >= 0.6 is 0 Å².